The van der Waals surface area contributed by atoms with E-state index in [1.54, 1.807) is 17.0 Å². The Hall–Kier alpha value is -3.61. The second-order valence-corrected chi connectivity index (χ2v) is 6.16. The molecule has 2 aromatic heterocycles. The van der Waals surface area contributed by atoms with Gasteiger partial charge in [0, 0.05) is 12.1 Å². The van der Waals surface area contributed by atoms with Crippen molar-refractivity contribution in [2.45, 2.75) is 19.5 Å². The van der Waals surface area contributed by atoms with Gasteiger partial charge in [-0.05, 0) is 12.1 Å². The first-order chi connectivity index (χ1) is 13.1. The molecule has 0 aliphatic carbocycles. The monoisotopic (exact) mass is 363 g/mol. The zero-order valence-electron chi connectivity index (χ0n) is 14.4. The number of carboxylic acid groups (broad SMARTS) is 1. The number of benzene rings is 2. The van der Waals surface area contributed by atoms with E-state index >= 15 is 0 Å². The third-order valence-electron chi connectivity index (χ3n) is 4.44. The summed E-state index contributed by atoms with van der Waals surface area (Å²) < 4.78 is 8.64. The van der Waals surface area contributed by atoms with Gasteiger partial charge in [-0.25, -0.2) is 9.78 Å². The highest BCUT2D eigenvalue weighted by Crippen LogP contribution is 2.24. The van der Waals surface area contributed by atoms with Gasteiger partial charge in [-0.15, -0.1) is 0 Å². The van der Waals surface area contributed by atoms with Crippen LogP contribution in [0.4, 0.5) is 0 Å². The predicted molar refractivity (Wildman–Crippen MR) is 99.5 cm³/mol. The molecular formula is C20H17N3O4. The van der Waals surface area contributed by atoms with Crippen LogP contribution >= 0.6 is 0 Å². The second-order valence-electron chi connectivity index (χ2n) is 6.16. The smallest absolute Gasteiger partial charge is 0.420 e. The van der Waals surface area contributed by atoms with Crippen molar-refractivity contribution in [3.8, 4) is 11.3 Å². The summed E-state index contributed by atoms with van der Waals surface area (Å²) in [6.45, 7) is 0.509. The molecule has 2 heterocycles. The summed E-state index contributed by atoms with van der Waals surface area (Å²) in [5.74, 6) is -1.34. The van der Waals surface area contributed by atoms with Crippen LogP contribution in [0.1, 0.15) is 12.1 Å². The van der Waals surface area contributed by atoms with E-state index in [0.717, 1.165) is 17.0 Å². The SMILES string of the molecule is O=C(O)CCn1cnc(-c2ccccc2)c1Cn1c(=O)oc2ccccc21. The van der Waals surface area contributed by atoms with Crippen LogP contribution in [-0.2, 0) is 17.9 Å². The van der Waals surface area contributed by atoms with Gasteiger partial charge in [0.15, 0.2) is 5.58 Å². The number of hydrogen-bond acceptors (Lipinski definition) is 4. The number of carbonyl (C=O) groups is 1. The van der Waals surface area contributed by atoms with E-state index in [9.17, 15) is 9.59 Å². The van der Waals surface area contributed by atoms with Crippen molar-refractivity contribution in [2.24, 2.45) is 0 Å². The van der Waals surface area contributed by atoms with E-state index in [2.05, 4.69) is 4.98 Å². The molecule has 27 heavy (non-hydrogen) atoms. The summed E-state index contributed by atoms with van der Waals surface area (Å²) in [6, 6.07) is 16.8. The number of hydrogen-bond donors (Lipinski definition) is 1. The summed E-state index contributed by atoms with van der Waals surface area (Å²) >= 11 is 0. The minimum absolute atomic E-state index is 0.0291. The Balaban J connectivity index is 1.81. The molecule has 0 saturated heterocycles. The van der Waals surface area contributed by atoms with E-state index in [4.69, 9.17) is 9.52 Å². The summed E-state index contributed by atoms with van der Waals surface area (Å²) in [4.78, 5) is 27.8. The van der Waals surface area contributed by atoms with Crippen LogP contribution in [-0.4, -0.2) is 25.2 Å². The van der Waals surface area contributed by atoms with Crippen LogP contribution in [0.15, 0.2) is 70.1 Å². The highest BCUT2D eigenvalue weighted by Gasteiger charge is 2.17. The Labute approximate surface area is 154 Å². The summed E-state index contributed by atoms with van der Waals surface area (Å²) in [6.07, 6.45) is 1.59. The quantitative estimate of drug-likeness (QED) is 0.569. The van der Waals surface area contributed by atoms with Gasteiger partial charge >= 0.3 is 11.7 Å². The van der Waals surface area contributed by atoms with Gasteiger partial charge in [-0.3, -0.25) is 9.36 Å². The van der Waals surface area contributed by atoms with Gasteiger partial charge in [0.05, 0.1) is 36.2 Å². The van der Waals surface area contributed by atoms with Crippen molar-refractivity contribution < 1.29 is 14.3 Å². The molecule has 136 valence electrons. The molecule has 0 unspecified atom stereocenters. The van der Waals surface area contributed by atoms with E-state index < -0.39 is 11.7 Å². The first-order valence-electron chi connectivity index (χ1n) is 8.53. The molecule has 1 N–H and O–H groups in total. The van der Waals surface area contributed by atoms with Gasteiger partial charge in [0.2, 0.25) is 0 Å². The highest BCUT2D eigenvalue weighted by molar-refractivity contribution is 5.73. The van der Waals surface area contributed by atoms with Crippen LogP contribution < -0.4 is 5.76 Å². The van der Waals surface area contributed by atoms with Crippen LogP contribution in [0.25, 0.3) is 22.4 Å². The first-order valence-corrected chi connectivity index (χ1v) is 8.53. The zero-order valence-corrected chi connectivity index (χ0v) is 14.4. The molecule has 2 aromatic carbocycles. The molecule has 0 atom stereocenters. The van der Waals surface area contributed by atoms with Gasteiger partial charge in [-0.1, -0.05) is 42.5 Å². The Bertz CT molecular complexity index is 1150. The number of rotatable bonds is 6. The summed E-state index contributed by atoms with van der Waals surface area (Å²) in [7, 11) is 0. The van der Waals surface area contributed by atoms with Crippen LogP contribution in [0.2, 0.25) is 0 Å². The normalized spacial score (nSPS) is 11.1. The number of carboxylic acids is 1. The van der Waals surface area contributed by atoms with Crippen LogP contribution in [0, 0.1) is 0 Å². The fraction of sp³-hybridized carbons (Fsp3) is 0.150. The third kappa shape index (κ3) is 3.27. The lowest BCUT2D eigenvalue weighted by Gasteiger charge is -2.10. The molecule has 7 heteroatoms. The lowest BCUT2D eigenvalue weighted by molar-refractivity contribution is -0.137. The lowest BCUT2D eigenvalue weighted by atomic mass is 10.1. The summed E-state index contributed by atoms with van der Waals surface area (Å²) in [5.41, 5.74) is 3.59. The van der Waals surface area contributed by atoms with E-state index in [1.165, 1.54) is 4.57 Å². The predicted octanol–water partition coefficient (Wildman–Crippen LogP) is 2.98. The number of nitrogens with zero attached hydrogens (tertiary/aromatic N) is 3. The molecule has 4 aromatic rings. The Morgan fingerprint density at radius 2 is 1.81 bits per heavy atom. The maximum atomic E-state index is 12.4. The second kappa shape index (κ2) is 6.95. The number of aromatic nitrogens is 3. The highest BCUT2D eigenvalue weighted by atomic mass is 16.4. The minimum atomic E-state index is -0.887. The van der Waals surface area contributed by atoms with Gasteiger partial charge in [0.1, 0.15) is 0 Å². The molecular weight excluding hydrogens is 346 g/mol. The standard InChI is InChI=1S/C20H17N3O4/c24-18(25)10-11-22-13-21-19(14-6-2-1-3-7-14)16(22)12-23-15-8-4-5-9-17(15)27-20(23)26/h1-9,13H,10-12H2,(H,24,25). The molecule has 0 amide bonds. The molecule has 0 radical (unpaired) electrons. The number of imidazole rings is 1. The largest absolute Gasteiger partial charge is 0.481 e. The van der Waals surface area contributed by atoms with Crippen molar-refractivity contribution >= 4 is 17.1 Å². The number of aryl methyl sites for hydroxylation is 1. The molecule has 4 rings (SSSR count). The molecule has 0 saturated carbocycles. The van der Waals surface area contributed by atoms with Crippen molar-refractivity contribution in [2.75, 3.05) is 0 Å². The van der Waals surface area contributed by atoms with Crippen LogP contribution in [0.3, 0.4) is 0 Å². The topological polar surface area (TPSA) is 90.3 Å². The number of aliphatic carboxylic acids is 1. The molecule has 0 fully saturated rings. The van der Waals surface area contributed by atoms with Crippen molar-refractivity contribution in [3.05, 3.63) is 77.2 Å². The third-order valence-corrected chi connectivity index (χ3v) is 4.44. The average Bonchev–Trinajstić information content (AvgIpc) is 3.22. The molecule has 0 aliphatic rings. The number of fused-ring (bicyclic) bond motifs is 1. The van der Waals surface area contributed by atoms with E-state index in [-0.39, 0.29) is 19.5 Å². The van der Waals surface area contributed by atoms with E-state index in [0.29, 0.717) is 11.1 Å². The maximum Gasteiger partial charge on any atom is 0.420 e. The van der Waals surface area contributed by atoms with E-state index in [1.807, 2.05) is 48.5 Å². The first kappa shape index (κ1) is 16.8. The van der Waals surface area contributed by atoms with Crippen molar-refractivity contribution in [1.82, 2.24) is 14.1 Å². The fourth-order valence-electron chi connectivity index (χ4n) is 3.13. The van der Waals surface area contributed by atoms with Crippen LogP contribution in [0.5, 0.6) is 0 Å². The zero-order chi connectivity index (χ0) is 18.8. The molecule has 7 nitrogen and oxygen atoms in total. The Morgan fingerprint density at radius 1 is 1.07 bits per heavy atom. The fourth-order valence-corrected chi connectivity index (χ4v) is 3.13. The maximum absolute atomic E-state index is 12.4. The minimum Gasteiger partial charge on any atom is -0.481 e. The lowest BCUT2D eigenvalue weighted by Crippen LogP contribution is -2.18. The molecule has 0 aliphatic heterocycles. The summed E-state index contributed by atoms with van der Waals surface area (Å²) in [5, 5.41) is 9.03. The Kier molecular flexibility index (Phi) is 4.33. The molecule has 0 spiro atoms. The van der Waals surface area contributed by atoms with Crippen molar-refractivity contribution in [3.63, 3.8) is 0 Å². The van der Waals surface area contributed by atoms with Gasteiger partial charge in [0.25, 0.3) is 0 Å². The van der Waals surface area contributed by atoms with Gasteiger partial charge < -0.3 is 14.1 Å². The van der Waals surface area contributed by atoms with Gasteiger partial charge in [-0.2, -0.15) is 0 Å². The number of oxazole rings is 1. The average molecular weight is 363 g/mol. The number of para-hydroxylation sites is 2. The molecule has 0 bridgehead atoms. The Morgan fingerprint density at radius 3 is 2.59 bits per heavy atom. The van der Waals surface area contributed by atoms with Crippen molar-refractivity contribution in [1.29, 1.82) is 0 Å².